The minimum Gasteiger partial charge on any atom is -0.328 e. The molecule has 2 aliphatic rings. The highest BCUT2D eigenvalue weighted by Gasteiger charge is 2.52. The first-order chi connectivity index (χ1) is 12.1. The zero-order valence-electron chi connectivity index (χ0n) is 15.9. The minimum atomic E-state index is -1.26. The van der Waals surface area contributed by atoms with E-state index in [9.17, 15) is 24.4 Å². The lowest BCUT2D eigenvalue weighted by Crippen LogP contribution is -2.63. The van der Waals surface area contributed by atoms with E-state index in [2.05, 4.69) is 0 Å². The Morgan fingerprint density at radius 1 is 1.23 bits per heavy atom. The third-order valence-corrected chi connectivity index (χ3v) is 5.74. The molecular formula is C17H28N4O5. The monoisotopic (exact) mass is 368 g/mol. The summed E-state index contributed by atoms with van der Waals surface area (Å²) in [7, 11) is 1.56. The van der Waals surface area contributed by atoms with Gasteiger partial charge in [0.2, 0.25) is 5.91 Å². The Morgan fingerprint density at radius 2 is 1.88 bits per heavy atom. The summed E-state index contributed by atoms with van der Waals surface area (Å²) in [6, 6.07) is -0.427. The largest absolute Gasteiger partial charge is 0.328 e. The van der Waals surface area contributed by atoms with Crippen molar-refractivity contribution in [3.63, 3.8) is 0 Å². The fourth-order valence-electron chi connectivity index (χ4n) is 3.78. The van der Waals surface area contributed by atoms with Gasteiger partial charge in [-0.1, -0.05) is 6.92 Å². The van der Waals surface area contributed by atoms with Crippen LogP contribution in [0, 0.1) is 0 Å². The fourth-order valence-corrected chi connectivity index (χ4v) is 3.78. The average molecular weight is 368 g/mol. The van der Waals surface area contributed by atoms with Crippen molar-refractivity contribution in [1.82, 2.24) is 20.2 Å². The van der Waals surface area contributed by atoms with Gasteiger partial charge in [-0.05, 0) is 39.5 Å². The van der Waals surface area contributed by atoms with Crippen molar-refractivity contribution in [3.05, 3.63) is 0 Å². The van der Waals surface area contributed by atoms with Crippen molar-refractivity contribution in [1.29, 1.82) is 0 Å². The maximum Gasteiger partial charge on any atom is 0.327 e. The number of imide groups is 1. The molecule has 146 valence electrons. The van der Waals surface area contributed by atoms with E-state index >= 15 is 0 Å². The van der Waals surface area contributed by atoms with E-state index in [0.29, 0.717) is 19.4 Å². The summed E-state index contributed by atoms with van der Waals surface area (Å²) < 4.78 is 0. The Labute approximate surface area is 153 Å². The molecule has 1 atom stereocenters. The molecule has 2 rings (SSSR count). The van der Waals surface area contributed by atoms with Crippen molar-refractivity contribution in [2.45, 2.75) is 64.0 Å². The molecule has 1 unspecified atom stereocenters. The normalized spacial score (nSPS) is 25.7. The lowest BCUT2D eigenvalue weighted by Gasteiger charge is -2.45. The van der Waals surface area contributed by atoms with E-state index in [-0.39, 0.29) is 31.2 Å². The van der Waals surface area contributed by atoms with E-state index in [0.717, 1.165) is 11.3 Å². The van der Waals surface area contributed by atoms with Crippen LogP contribution in [0.2, 0.25) is 0 Å². The molecule has 9 heteroatoms. The number of piperidine rings is 1. The summed E-state index contributed by atoms with van der Waals surface area (Å²) in [5.74, 6) is -1.20. The van der Waals surface area contributed by atoms with E-state index < -0.39 is 23.0 Å². The molecule has 0 spiro atoms. The molecule has 0 radical (unpaired) electrons. The number of rotatable bonds is 5. The van der Waals surface area contributed by atoms with Crippen LogP contribution in [0.1, 0.15) is 52.9 Å². The Morgan fingerprint density at radius 3 is 2.38 bits per heavy atom. The number of hydrogen-bond acceptors (Lipinski definition) is 5. The van der Waals surface area contributed by atoms with Crippen LogP contribution in [-0.4, -0.2) is 74.9 Å². The zero-order valence-corrected chi connectivity index (χ0v) is 15.9. The van der Waals surface area contributed by atoms with Gasteiger partial charge in [0.15, 0.2) is 0 Å². The fraction of sp³-hybridized carbons (Fsp3) is 0.765. The highest BCUT2D eigenvalue weighted by Crippen LogP contribution is 2.34. The maximum absolute atomic E-state index is 12.6. The first-order valence-corrected chi connectivity index (χ1v) is 8.98. The predicted molar refractivity (Wildman–Crippen MR) is 92.1 cm³/mol. The van der Waals surface area contributed by atoms with E-state index in [1.165, 1.54) is 9.80 Å². The molecule has 9 nitrogen and oxygen atoms in total. The first kappa shape index (κ1) is 20.2. The Hall–Kier alpha value is -2.16. The summed E-state index contributed by atoms with van der Waals surface area (Å²) in [6.45, 7) is 5.46. The van der Waals surface area contributed by atoms with Crippen LogP contribution in [0.3, 0.4) is 0 Å². The summed E-state index contributed by atoms with van der Waals surface area (Å²) in [5, 5.41) is 9.25. The van der Waals surface area contributed by atoms with Gasteiger partial charge in [-0.15, -0.1) is 0 Å². The zero-order chi connectivity index (χ0) is 19.7. The third-order valence-electron chi connectivity index (χ3n) is 5.74. The van der Waals surface area contributed by atoms with Crippen molar-refractivity contribution in [3.8, 4) is 0 Å². The van der Waals surface area contributed by atoms with E-state index in [1.807, 2.05) is 0 Å². The molecular weight excluding hydrogens is 340 g/mol. The van der Waals surface area contributed by atoms with Crippen molar-refractivity contribution in [2.75, 3.05) is 20.1 Å². The Kier molecular flexibility index (Phi) is 5.60. The molecule has 0 aromatic rings. The van der Waals surface area contributed by atoms with Crippen molar-refractivity contribution < 1.29 is 24.4 Å². The lowest BCUT2D eigenvalue weighted by atomic mass is 9.82. The molecule has 2 heterocycles. The number of nitrogens with one attached hydrogen (secondary N) is 1. The molecule has 0 aliphatic carbocycles. The third kappa shape index (κ3) is 3.04. The first-order valence-electron chi connectivity index (χ1n) is 8.98. The van der Waals surface area contributed by atoms with Gasteiger partial charge in [0, 0.05) is 26.6 Å². The summed E-state index contributed by atoms with van der Waals surface area (Å²) in [4.78, 5) is 53.9. The van der Waals surface area contributed by atoms with E-state index in [1.54, 1.807) is 33.3 Å². The molecule has 26 heavy (non-hydrogen) atoms. The van der Waals surface area contributed by atoms with Gasteiger partial charge >= 0.3 is 6.03 Å². The van der Waals surface area contributed by atoms with Crippen LogP contribution in [-0.2, 0) is 14.4 Å². The highest BCUT2D eigenvalue weighted by atomic mass is 16.5. The van der Waals surface area contributed by atoms with Gasteiger partial charge in [0.1, 0.15) is 11.1 Å². The van der Waals surface area contributed by atoms with Gasteiger partial charge in [-0.25, -0.2) is 10.3 Å². The molecule has 0 aromatic carbocycles. The van der Waals surface area contributed by atoms with Crippen LogP contribution >= 0.6 is 0 Å². The molecule has 0 aromatic heterocycles. The number of hydrogen-bond donors (Lipinski definition) is 2. The second kappa shape index (κ2) is 7.22. The van der Waals surface area contributed by atoms with Gasteiger partial charge in [0.25, 0.3) is 11.8 Å². The SMILES string of the molecule is CCC(=O)N1CCCCC1(CCN1C(=O)N(C)C(C)(C)C1=O)C(=O)NO. The smallest absolute Gasteiger partial charge is 0.327 e. The summed E-state index contributed by atoms with van der Waals surface area (Å²) in [6.07, 6.45) is 2.18. The standard InChI is InChI=1S/C17H28N4O5/c1-5-12(22)21-10-7-6-8-17(21,13(23)18-26)9-11-20-14(24)16(2,3)19(4)15(20)25/h26H,5-11H2,1-4H3,(H,18,23). The number of hydroxylamine groups is 1. The van der Waals surface area contributed by atoms with Crippen LogP contribution < -0.4 is 5.48 Å². The molecule has 2 aliphatic heterocycles. The van der Waals surface area contributed by atoms with Crippen molar-refractivity contribution in [2.24, 2.45) is 0 Å². The van der Waals surface area contributed by atoms with Gasteiger partial charge < -0.3 is 9.80 Å². The van der Waals surface area contributed by atoms with Gasteiger partial charge in [0.05, 0.1) is 0 Å². The molecule has 2 fully saturated rings. The molecule has 2 saturated heterocycles. The van der Waals surface area contributed by atoms with Crippen LogP contribution in [0.25, 0.3) is 0 Å². The number of nitrogens with zero attached hydrogens (tertiary/aromatic N) is 3. The Bertz CT molecular complexity index is 620. The number of carbonyl (C=O) groups is 4. The molecule has 0 saturated carbocycles. The van der Waals surface area contributed by atoms with Crippen molar-refractivity contribution >= 4 is 23.8 Å². The Balaban J connectivity index is 2.29. The number of likely N-dealkylation sites (N-methyl/N-ethyl adjacent to an activating group) is 1. The molecule has 0 bridgehead atoms. The second-order valence-corrected chi connectivity index (χ2v) is 7.44. The minimum absolute atomic E-state index is 0.00630. The number of carbonyl (C=O) groups excluding carboxylic acids is 4. The molecule has 2 N–H and O–H groups in total. The lowest BCUT2D eigenvalue weighted by molar-refractivity contribution is -0.156. The van der Waals surface area contributed by atoms with Gasteiger partial charge in [-0.3, -0.25) is 24.5 Å². The van der Waals surface area contributed by atoms with E-state index in [4.69, 9.17) is 0 Å². The number of likely N-dealkylation sites (tertiary alicyclic amines) is 1. The summed E-state index contributed by atoms with van der Waals surface area (Å²) >= 11 is 0. The number of urea groups is 1. The van der Waals surface area contributed by atoms with Crippen LogP contribution in [0.5, 0.6) is 0 Å². The summed E-state index contributed by atoms with van der Waals surface area (Å²) in [5.41, 5.74) is -0.532. The maximum atomic E-state index is 12.6. The quantitative estimate of drug-likeness (QED) is 0.422. The molecule has 5 amide bonds. The average Bonchev–Trinajstić information content (AvgIpc) is 2.79. The van der Waals surface area contributed by atoms with Gasteiger partial charge in [-0.2, -0.15) is 0 Å². The predicted octanol–water partition coefficient (Wildman–Crippen LogP) is 0.716. The van der Waals surface area contributed by atoms with Crippen LogP contribution in [0.4, 0.5) is 4.79 Å². The second-order valence-electron chi connectivity index (χ2n) is 7.44. The topological polar surface area (TPSA) is 110 Å². The van der Waals surface area contributed by atoms with Crippen LogP contribution in [0.15, 0.2) is 0 Å². The highest BCUT2D eigenvalue weighted by molar-refractivity contribution is 6.06. The number of amides is 5.